The average molecular weight is 599 g/mol. The molecule has 210 valence electrons. The highest BCUT2D eigenvalue weighted by atomic mass is 32.2. The first kappa shape index (κ1) is 28.2. The largest absolute Gasteiger partial charge is 0.453 e. The summed E-state index contributed by atoms with van der Waals surface area (Å²) in [7, 11) is -0.701. The summed E-state index contributed by atoms with van der Waals surface area (Å²) in [6.07, 6.45) is 1.89. The van der Waals surface area contributed by atoms with Crippen LogP contribution in [0.25, 0.3) is 20.8 Å². The van der Waals surface area contributed by atoms with E-state index in [2.05, 4.69) is 5.32 Å². The fourth-order valence-corrected chi connectivity index (χ4v) is 8.19. The summed E-state index contributed by atoms with van der Waals surface area (Å²) in [5, 5.41) is 4.50. The summed E-state index contributed by atoms with van der Waals surface area (Å²) in [4.78, 5) is 33.2. The lowest BCUT2D eigenvalue weighted by atomic mass is 10.0. The molecule has 0 saturated carbocycles. The van der Waals surface area contributed by atoms with Gasteiger partial charge in [-0.05, 0) is 54.8 Å². The van der Waals surface area contributed by atoms with Crippen molar-refractivity contribution < 1.29 is 22.7 Å². The number of thiophene rings is 1. The van der Waals surface area contributed by atoms with Crippen LogP contribution in [0.4, 0.5) is 9.80 Å². The molecule has 0 unspecified atom stereocenters. The number of methoxy groups -OCH3 is 1. The lowest BCUT2D eigenvalue weighted by Crippen LogP contribution is -2.35. The van der Waals surface area contributed by atoms with Crippen molar-refractivity contribution in [2.24, 2.45) is 0 Å². The molecule has 1 N–H and O–H groups in total. The number of anilines is 1. The van der Waals surface area contributed by atoms with Crippen LogP contribution in [0.2, 0.25) is 0 Å². The first-order valence-electron chi connectivity index (χ1n) is 12.9. The second-order valence-electron chi connectivity index (χ2n) is 9.49. The minimum absolute atomic E-state index is 0.146. The van der Waals surface area contributed by atoms with Crippen LogP contribution in [0.1, 0.15) is 40.6 Å². The van der Waals surface area contributed by atoms with Crippen LogP contribution in [0, 0.1) is 0 Å². The molecule has 0 fully saturated rings. The molecule has 0 bridgehead atoms. The number of unbranched alkanes of at least 4 members (excludes halogenated alkanes) is 1. The van der Waals surface area contributed by atoms with E-state index in [1.165, 1.54) is 47.0 Å². The van der Waals surface area contributed by atoms with Crippen molar-refractivity contribution in [1.29, 1.82) is 0 Å². The number of nitrogens with zero attached hydrogens (tertiary/aromatic N) is 3. The second kappa shape index (κ2) is 11.7. The van der Waals surface area contributed by atoms with Gasteiger partial charge in [-0.2, -0.15) is 0 Å². The van der Waals surface area contributed by atoms with E-state index < -0.39 is 10.0 Å². The van der Waals surface area contributed by atoms with Gasteiger partial charge in [0.2, 0.25) is 10.0 Å². The van der Waals surface area contributed by atoms with E-state index in [1.807, 2.05) is 31.2 Å². The number of para-hydroxylation sites is 1. The predicted octanol–water partition coefficient (Wildman–Crippen LogP) is 5.82. The number of rotatable bonds is 8. The molecule has 0 spiro atoms. The number of amides is 2. The van der Waals surface area contributed by atoms with Crippen LogP contribution < -0.4 is 5.32 Å². The molecule has 12 heteroatoms. The maximum Gasteiger partial charge on any atom is 0.409 e. The van der Waals surface area contributed by atoms with Gasteiger partial charge in [-0.25, -0.2) is 22.5 Å². The standard InChI is InChI=1S/C28H30N4O5S3/c1-4-5-15-31(2)40(35,36)19-12-10-18(11-13-19)25(33)30-27-24(26-29-21-8-6-7-9-22(21)38-26)20-14-16-32(28(34)37-3)17-23(20)39-27/h6-13H,4-5,14-17H2,1-3H3,(H,30,33). The van der Waals surface area contributed by atoms with Crippen molar-refractivity contribution in [1.82, 2.24) is 14.2 Å². The molecule has 40 heavy (non-hydrogen) atoms. The number of ether oxygens (including phenoxy) is 1. The Kier molecular flexibility index (Phi) is 8.22. The van der Waals surface area contributed by atoms with Gasteiger partial charge in [0.15, 0.2) is 0 Å². The predicted molar refractivity (Wildman–Crippen MR) is 159 cm³/mol. The Bertz CT molecular complexity index is 1630. The number of hydrogen-bond acceptors (Lipinski definition) is 8. The fraction of sp³-hybridized carbons (Fsp3) is 0.321. The van der Waals surface area contributed by atoms with Gasteiger partial charge in [-0.1, -0.05) is 25.5 Å². The number of nitrogens with one attached hydrogen (secondary N) is 1. The van der Waals surface area contributed by atoms with Crippen LogP contribution in [-0.2, 0) is 27.7 Å². The zero-order chi connectivity index (χ0) is 28.4. The first-order valence-corrected chi connectivity index (χ1v) is 16.0. The van der Waals surface area contributed by atoms with E-state index in [1.54, 1.807) is 23.3 Å². The number of fused-ring (bicyclic) bond motifs is 2. The van der Waals surface area contributed by atoms with Crippen molar-refractivity contribution in [3.63, 3.8) is 0 Å². The summed E-state index contributed by atoms with van der Waals surface area (Å²) in [6, 6.07) is 13.9. The molecule has 4 aromatic rings. The third-order valence-corrected chi connectivity index (χ3v) is 10.9. The number of hydrogen-bond donors (Lipinski definition) is 1. The fourth-order valence-electron chi connectivity index (χ4n) is 4.62. The number of benzene rings is 2. The number of thiazole rings is 1. The smallest absolute Gasteiger partial charge is 0.409 e. The minimum Gasteiger partial charge on any atom is -0.453 e. The molecule has 1 aliphatic rings. The average Bonchev–Trinajstić information content (AvgIpc) is 3.55. The summed E-state index contributed by atoms with van der Waals surface area (Å²) >= 11 is 2.98. The van der Waals surface area contributed by atoms with E-state index >= 15 is 0 Å². The summed E-state index contributed by atoms with van der Waals surface area (Å²) in [5.74, 6) is -0.353. The van der Waals surface area contributed by atoms with Crippen LogP contribution in [0.15, 0.2) is 53.4 Å². The number of carbonyl (C=O) groups excluding carboxylic acids is 2. The highest BCUT2D eigenvalue weighted by Crippen LogP contribution is 2.46. The van der Waals surface area contributed by atoms with Crippen LogP contribution >= 0.6 is 22.7 Å². The summed E-state index contributed by atoms with van der Waals surface area (Å²) < 4.78 is 33.1. The van der Waals surface area contributed by atoms with Crippen molar-refractivity contribution in [3.8, 4) is 10.6 Å². The van der Waals surface area contributed by atoms with Gasteiger partial charge in [0.1, 0.15) is 10.0 Å². The van der Waals surface area contributed by atoms with Gasteiger partial charge in [0, 0.05) is 36.1 Å². The summed E-state index contributed by atoms with van der Waals surface area (Å²) in [5.41, 5.74) is 3.16. The van der Waals surface area contributed by atoms with Crippen molar-refractivity contribution >= 4 is 59.9 Å². The molecule has 9 nitrogen and oxygen atoms in total. The summed E-state index contributed by atoms with van der Waals surface area (Å²) in [6.45, 7) is 3.34. The van der Waals surface area contributed by atoms with Gasteiger partial charge in [-0.15, -0.1) is 22.7 Å². The van der Waals surface area contributed by atoms with Crippen LogP contribution in [0.3, 0.4) is 0 Å². The van der Waals surface area contributed by atoms with E-state index in [0.29, 0.717) is 36.6 Å². The SMILES string of the molecule is CCCCN(C)S(=O)(=O)c1ccc(C(=O)Nc2sc3c(c2-c2nc4ccccc4s2)CCN(C(=O)OC)C3)cc1. The Morgan fingerprint density at radius 2 is 1.88 bits per heavy atom. The molecule has 0 aliphatic carbocycles. The minimum atomic E-state index is -3.63. The second-order valence-corrected chi connectivity index (χ2v) is 13.7. The monoisotopic (exact) mass is 598 g/mol. The van der Waals surface area contributed by atoms with Crippen molar-refractivity contribution in [2.45, 2.75) is 37.6 Å². The van der Waals surface area contributed by atoms with Gasteiger partial charge >= 0.3 is 6.09 Å². The molecule has 1 aliphatic heterocycles. The van der Waals surface area contributed by atoms with Crippen molar-refractivity contribution in [2.75, 3.05) is 32.6 Å². The van der Waals surface area contributed by atoms with Crippen LogP contribution in [0.5, 0.6) is 0 Å². The Labute approximate surface area is 241 Å². The quantitative estimate of drug-likeness (QED) is 0.274. The Morgan fingerprint density at radius 1 is 1.12 bits per heavy atom. The van der Waals surface area contributed by atoms with Crippen LogP contribution in [-0.4, -0.2) is 61.9 Å². The maximum atomic E-state index is 13.4. The number of carbonyl (C=O) groups is 2. The van der Waals surface area contributed by atoms with Gasteiger partial charge in [0.25, 0.3) is 5.91 Å². The molecule has 2 amide bonds. The van der Waals surface area contributed by atoms with Gasteiger partial charge < -0.3 is 15.0 Å². The van der Waals surface area contributed by atoms with E-state index in [4.69, 9.17) is 9.72 Å². The van der Waals surface area contributed by atoms with E-state index in [-0.39, 0.29) is 16.9 Å². The Hall–Kier alpha value is -3.32. The first-order chi connectivity index (χ1) is 19.2. The number of aromatic nitrogens is 1. The van der Waals surface area contributed by atoms with E-state index in [0.717, 1.165) is 44.1 Å². The zero-order valence-electron chi connectivity index (χ0n) is 22.5. The molecule has 0 radical (unpaired) electrons. The van der Waals surface area contributed by atoms with E-state index in [9.17, 15) is 18.0 Å². The molecule has 2 aromatic carbocycles. The molecule has 2 aromatic heterocycles. The molecule has 3 heterocycles. The zero-order valence-corrected chi connectivity index (χ0v) is 24.9. The van der Waals surface area contributed by atoms with Crippen molar-refractivity contribution in [3.05, 3.63) is 64.5 Å². The molecular weight excluding hydrogens is 569 g/mol. The van der Waals surface area contributed by atoms with Gasteiger partial charge in [0.05, 0.1) is 28.8 Å². The topological polar surface area (TPSA) is 109 Å². The lowest BCUT2D eigenvalue weighted by Gasteiger charge is -2.25. The molecular formula is C28H30N4O5S3. The highest BCUT2D eigenvalue weighted by Gasteiger charge is 2.30. The molecule has 0 atom stereocenters. The maximum absolute atomic E-state index is 13.4. The third kappa shape index (κ3) is 5.49. The number of sulfonamides is 1. The lowest BCUT2D eigenvalue weighted by molar-refractivity contribution is 0.102. The Balaban J connectivity index is 1.45. The molecule has 5 rings (SSSR count). The van der Waals surface area contributed by atoms with Gasteiger partial charge in [-0.3, -0.25) is 4.79 Å². The highest BCUT2D eigenvalue weighted by molar-refractivity contribution is 7.89. The third-order valence-electron chi connectivity index (χ3n) is 6.88. The Morgan fingerprint density at radius 3 is 2.58 bits per heavy atom. The molecule has 0 saturated heterocycles. The normalized spacial score (nSPS) is 13.4.